The van der Waals surface area contributed by atoms with E-state index in [1.54, 1.807) is 12.1 Å². The topological polar surface area (TPSA) is 72.2 Å². The molecule has 1 rings (SSSR count). The second kappa shape index (κ2) is 6.45. The average Bonchev–Trinajstić information content (AvgIpc) is 2.35. The predicted octanol–water partition coefficient (Wildman–Crippen LogP) is 2.03. The van der Waals surface area contributed by atoms with Crippen LogP contribution in [0.4, 0.5) is 0 Å². The normalized spacial score (nSPS) is 13.5. The number of benzene rings is 1. The Hall–Kier alpha value is -0.980. The summed E-state index contributed by atoms with van der Waals surface area (Å²) in [6, 6.07) is 6.29. The Kier molecular flexibility index (Phi) is 5.46. The van der Waals surface area contributed by atoms with Gasteiger partial charge in [-0.2, -0.15) is 0 Å². The van der Waals surface area contributed by atoms with Crippen molar-refractivity contribution in [3.63, 3.8) is 0 Å². The van der Waals surface area contributed by atoms with E-state index in [1.165, 1.54) is 12.1 Å². The first kappa shape index (κ1) is 16.1. The summed E-state index contributed by atoms with van der Waals surface area (Å²) in [7, 11) is -3.54. The van der Waals surface area contributed by atoms with Crippen molar-refractivity contribution in [3.05, 3.63) is 29.8 Å². The molecule has 3 N–H and O–H groups in total. The monoisotopic (exact) mass is 300 g/mol. The van der Waals surface area contributed by atoms with Crippen molar-refractivity contribution in [2.75, 3.05) is 0 Å². The molecule has 4 nitrogen and oxygen atoms in total. The molecule has 6 heteroatoms. The van der Waals surface area contributed by atoms with Crippen molar-refractivity contribution >= 4 is 27.2 Å². The van der Waals surface area contributed by atoms with Crippen LogP contribution in [-0.2, 0) is 10.0 Å². The molecule has 0 aliphatic carbocycles. The van der Waals surface area contributed by atoms with Gasteiger partial charge >= 0.3 is 0 Å². The molecular weight excluding hydrogens is 280 g/mol. The van der Waals surface area contributed by atoms with Crippen LogP contribution in [0.5, 0.6) is 0 Å². The average molecular weight is 300 g/mol. The predicted molar refractivity (Wildman–Crippen MR) is 81.6 cm³/mol. The van der Waals surface area contributed by atoms with Crippen molar-refractivity contribution in [1.82, 2.24) is 4.72 Å². The number of nitrogens with two attached hydrogens (primary N) is 1. The first-order valence-electron chi connectivity index (χ1n) is 6.20. The molecular formula is C13H20N2O2S2. The van der Waals surface area contributed by atoms with Crippen molar-refractivity contribution < 1.29 is 8.42 Å². The van der Waals surface area contributed by atoms with Gasteiger partial charge in [0.25, 0.3) is 0 Å². The Labute approximate surface area is 120 Å². The maximum atomic E-state index is 12.3. The summed E-state index contributed by atoms with van der Waals surface area (Å²) in [4.78, 5) is 0.379. The fraction of sp³-hybridized carbons (Fsp3) is 0.462. The fourth-order valence-electron chi connectivity index (χ4n) is 1.77. The van der Waals surface area contributed by atoms with Crippen molar-refractivity contribution in [2.45, 2.75) is 38.1 Å². The highest BCUT2D eigenvalue weighted by Crippen LogP contribution is 2.15. The van der Waals surface area contributed by atoms with Gasteiger partial charge in [-0.15, -0.1) is 0 Å². The zero-order valence-corrected chi connectivity index (χ0v) is 13.0. The minimum atomic E-state index is -3.54. The molecule has 106 valence electrons. The van der Waals surface area contributed by atoms with E-state index in [0.717, 1.165) is 6.42 Å². The molecule has 0 aliphatic heterocycles. The van der Waals surface area contributed by atoms with E-state index in [0.29, 0.717) is 5.56 Å². The summed E-state index contributed by atoms with van der Waals surface area (Å²) >= 11 is 4.86. The molecule has 1 unspecified atom stereocenters. The quantitative estimate of drug-likeness (QED) is 0.789. The van der Waals surface area contributed by atoms with E-state index in [1.807, 2.05) is 20.8 Å². The molecule has 1 aromatic rings. The van der Waals surface area contributed by atoms with Gasteiger partial charge in [0, 0.05) is 11.6 Å². The molecule has 0 aliphatic rings. The van der Waals surface area contributed by atoms with Gasteiger partial charge in [0.15, 0.2) is 0 Å². The third-order valence-corrected chi connectivity index (χ3v) is 4.70. The molecule has 0 heterocycles. The number of sulfonamides is 1. The molecule has 19 heavy (non-hydrogen) atoms. The molecule has 1 atom stereocenters. The van der Waals surface area contributed by atoms with E-state index in [-0.39, 0.29) is 21.8 Å². The van der Waals surface area contributed by atoms with Gasteiger partial charge in [-0.25, -0.2) is 13.1 Å². The molecule has 0 saturated heterocycles. The van der Waals surface area contributed by atoms with Crippen LogP contribution in [0.1, 0.15) is 32.8 Å². The lowest BCUT2D eigenvalue weighted by Crippen LogP contribution is -2.38. The highest BCUT2D eigenvalue weighted by molar-refractivity contribution is 7.89. The number of thiocarbonyl (C=S) groups is 1. The lowest BCUT2D eigenvalue weighted by Gasteiger charge is -2.20. The highest BCUT2D eigenvalue weighted by Gasteiger charge is 2.21. The fourth-order valence-corrected chi connectivity index (χ4v) is 3.41. The summed E-state index contributed by atoms with van der Waals surface area (Å²) in [6.07, 6.45) is 0.742. The molecule has 0 bridgehead atoms. The Balaban J connectivity index is 3.06. The smallest absolute Gasteiger partial charge is 0.240 e. The Morgan fingerprint density at radius 3 is 2.53 bits per heavy atom. The summed E-state index contributed by atoms with van der Waals surface area (Å²) in [5, 5.41) is 0. The van der Waals surface area contributed by atoms with Crippen LogP contribution >= 0.6 is 12.2 Å². The second-order valence-corrected chi connectivity index (χ2v) is 6.93. The molecule has 0 radical (unpaired) electrons. The summed E-state index contributed by atoms with van der Waals surface area (Å²) in [5.41, 5.74) is 6.07. The van der Waals surface area contributed by atoms with Gasteiger partial charge in [-0.3, -0.25) is 0 Å². The Morgan fingerprint density at radius 1 is 1.42 bits per heavy atom. The highest BCUT2D eigenvalue weighted by atomic mass is 32.2. The van der Waals surface area contributed by atoms with E-state index in [4.69, 9.17) is 18.0 Å². The minimum absolute atomic E-state index is 0.0847. The first-order valence-corrected chi connectivity index (χ1v) is 8.09. The molecule has 1 aromatic carbocycles. The van der Waals surface area contributed by atoms with Crippen molar-refractivity contribution in [3.8, 4) is 0 Å². The van der Waals surface area contributed by atoms with Gasteiger partial charge in [0.1, 0.15) is 4.99 Å². The van der Waals surface area contributed by atoms with Crippen LogP contribution in [0.3, 0.4) is 0 Å². The maximum Gasteiger partial charge on any atom is 0.240 e. The van der Waals surface area contributed by atoms with Crippen LogP contribution in [0.15, 0.2) is 29.2 Å². The lowest BCUT2D eigenvalue weighted by molar-refractivity contribution is 0.437. The summed E-state index contributed by atoms with van der Waals surface area (Å²) < 4.78 is 27.3. The zero-order chi connectivity index (χ0) is 14.6. The molecule has 0 aromatic heterocycles. The third kappa shape index (κ3) is 4.26. The Bertz CT molecular complexity index is 554. The lowest BCUT2D eigenvalue weighted by atomic mass is 10.0. The summed E-state index contributed by atoms with van der Waals surface area (Å²) in [5.74, 6) is 0.235. The van der Waals surface area contributed by atoms with Gasteiger partial charge in [-0.05, 0) is 24.5 Å². The van der Waals surface area contributed by atoms with Crippen LogP contribution in [0.2, 0.25) is 0 Å². The number of hydrogen-bond donors (Lipinski definition) is 2. The van der Waals surface area contributed by atoms with Gasteiger partial charge < -0.3 is 5.73 Å². The van der Waals surface area contributed by atoms with Crippen LogP contribution in [0, 0.1) is 5.92 Å². The molecule has 0 amide bonds. The van der Waals surface area contributed by atoms with E-state index in [2.05, 4.69) is 4.72 Å². The molecule has 0 spiro atoms. The number of rotatable bonds is 6. The van der Waals surface area contributed by atoms with Crippen LogP contribution in [-0.4, -0.2) is 19.4 Å². The van der Waals surface area contributed by atoms with Gasteiger partial charge in [-0.1, -0.05) is 45.1 Å². The maximum absolute atomic E-state index is 12.3. The molecule has 0 saturated carbocycles. The van der Waals surface area contributed by atoms with Crippen molar-refractivity contribution in [2.24, 2.45) is 11.7 Å². The minimum Gasteiger partial charge on any atom is -0.389 e. The van der Waals surface area contributed by atoms with E-state index < -0.39 is 10.0 Å². The van der Waals surface area contributed by atoms with E-state index >= 15 is 0 Å². The van der Waals surface area contributed by atoms with Crippen LogP contribution < -0.4 is 10.5 Å². The standard InChI is InChI=1S/C13H20N2O2S2/c1-4-12(9(2)3)15-19(16,17)11-7-5-6-10(8-11)13(14)18/h5-9,12,15H,4H2,1-3H3,(H2,14,18). The second-order valence-electron chi connectivity index (χ2n) is 4.77. The zero-order valence-electron chi connectivity index (χ0n) is 11.4. The first-order chi connectivity index (χ1) is 8.77. The van der Waals surface area contributed by atoms with Crippen LogP contribution in [0.25, 0.3) is 0 Å². The molecule has 0 fully saturated rings. The number of hydrogen-bond acceptors (Lipinski definition) is 3. The summed E-state index contributed by atoms with van der Waals surface area (Å²) in [6.45, 7) is 5.93. The largest absolute Gasteiger partial charge is 0.389 e. The van der Waals surface area contributed by atoms with Gasteiger partial charge in [0.2, 0.25) is 10.0 Å². The number of nitrogens with one attached hydrogen (secondary N) is 1. The van der Waals surface area contributed by atoms with E-state index in [9.17, 15) is 8.42 Å². The van der Waals surface area contributed by atoms with Crippen molar-refractivity contribution in [1.29, 1.82) is 0 Å². The third-order valence-electron chi connectivity index (χ3n) is 2.98. The Morgan fingerprint density at radius 2 is 2.05 bits per heavy atom. The van der Waals surface area contributed by atoms with Gasteiger partial charge in [0.05, 0.1) is 4.90 Å². The SMILES string of the molecule is CCC(NS(=O)(=O)c1cccc(C(N)=S)c1)C(C)C.